The first kappa shape index (κ1) is 50.8. The number of nitrogens with zero attached hydrogens (tertiary/aromatic N) is 9. The maximum atomic E-state index is 12.5. The largest absolute Gasteiger partial charge is 0.412 e. The van der Waals surface area contributed by atoms with Crippen molar-refractivity contribution in [2.24, 2.45) is 0 Å². The van der Waals surface area contributed by atoms with Crippen LogP contribution >= 0.6 is 12.4 Å². The summed E-state index contributed by atoms with van der Waals surface area (Å²) in [4.78, 5) is 43.1. The predicted octanol–water partition coefficient (Wildman–Crippen LogP) is 8.84. The average Bonchev–Trinajstić information content (AvgIpc) is 4.09. The van der Waals surface area contributed by atoms with Gasteiger partial charge in [-0.2, -0.15) is 23.4 Å². The van der Waals surface area contributed by atoms with Crippen molar-refractivity contribution in [3.05, 3.63) is 102 Å². The minimum atomic E-state index is -4.44. The Hall–Kier alpha value is -6.62. The molecular weight excluding hydrogens is 945 g/mol. The Morgan fingerprint density at radius 3 is 1.89 bits per heavy atom. The van der Waals surface area contributed by atoms with Crippen LogP contribution in [0.1, 0.15) is 87.2 Å². The van der Waals surface area contributed by atoms with E-state index in [1.165, 1.54) is 23.3 Å². The Morgan fingerprint density at radius 1 is 0.775 bits per heavy atom. The Bertz CT molecular complexity index is 2720. The van der Waals surface area contributed by atoms with Crippen molar-refractivity contribution in [1.29, 1.82) is 0 Å². The molecule has 19 nitrogen and oxygen atoms in total. The van der Waals surface area contributed by atoms with E-state index in [9.17, 15) is 22.8 Å². The van der Waals surface area contributed by atoms with Crippen molar-refractivity contribution < 1.29 is 44.1 Å². The molecule has 4 unspecified atom stereocenters. The van der Waals surface area contributed by atoms with Gasteiger partial charge >= 0.3 is 18.3 Å². The standard InChI is InChI=1S/C21H24F3N7O2.C18H22N6O.C9H11NO2.ClH.5H2/c1-12-6-25-19(28-14-7-27-30(8-14)17-9-33-10-17)29-18(12)13-4-15-2-3-16(5-13)31(15)20(32)26-11-21(22,23)24;1-11-6-19-18(22-15-7-20-24(8-15)16-9-25-10-16)23-17(11)12-4-13-2-3-14(5-12)21-13;1-2-10-9(11)12-8-6-4-3-5-7-8;;;;;;/h4,6-8,15-17H,2-3,5,9-11H2,1H3,(H,26,32)(H,25,28,29);4,6-8,13-14,16,21H,2-3,5,9-10H2,1H3,(H,19,22,23);3-7H,2H2,1H3,(H,10,11);6*1H. The molecule has 6 aliphatic rings. The molecule has 0 spiro atoms. The number of fused-ring (bicyclic) bond motifs is 4. The van der Waals surface area contributed by atoms with Gasteiger partial charge in [0, 0.05) is 56.6 Å². The van der Waals surface area contributed by atoms with Gasteiger partial charge in [0.15, 0.2) is 0 Å². The Balaban J connectivity index is 0.000000315. The Labute approximate surface area is 422 Å². The molecule has 388 valence electrons. The van der Waals surface area contributed by atoms with Crippen molar-refractivity contribution in [1.82, 2.24) is 60.3 Å². The van der Waals surface area contributed by atoms with Crippen molar-refractivity contribution in [2.75, 3.05) is 50.2 Å². The molecule has 4 aromatic heterocycles. The van der Waals surface area contributed by atoms with Crippen LogP contribution in [0.2, 0.25) is 0 Å². The van der Waals surface area contributed by atoms with E-state index < -0.39 is 24.8 Å². The first-order chi connectivity index (χ1) is 33.8. The van der Waals surface area contributed by atoms with Crippen molar-refractivity contribution in [3.8, 4) is 5.75 Å². The monoisotopic (exact) mass is 1010 g/mol. The van der Waals surface area contributed by atoms with Gasteiger partial charge in [-0.15, -0.1) is 12.4 Å². The second-order valence-corrected chi connectivity index (χ2v) is 18.1. The summed E-state index contributed by atoms with van der Waals surface area (Å²) in [5, 5.41) is 23.3. The number of aryl methyl sites for hydroxylation is 2. The van der Waals surface area contributed by atoms with E-state index in [0.29, 0.717) is 68.4 Å². The fraction of sp³-hybridized carbons (Fsp3) is 0.458. The second kappa shape index (κ2) is 22.6. The Kier molecular flexibility index (Phi) is 16.2. The number of anilines is 4. The van der Waals surface area contributed by atoms with E-state index in [1.54, 1.807) is 24.5 Å². The predicted molar refractivity (Wildman–Crippen MR) is 271 cm³/mol. The summed E-state index contributed by atoms with van der Waals surface area (Å²) >= 11 is 0. The number of hydrogen-bond acceptors (Lipinski definition) is 14. The summed E-state index contributed by atoms with van der Waals surface area (Å²) in [6, 6.07) is 9.57. The molecular formula is C48H68ClF3N14O5. The lowest BCUT2D eigenvalue weighted by Crippen LogP contribution is -2.50. The van der Waals surface area contributed by atoms with E-state index in [4.69, 9.17) is 24.2 Å². The average molecular weight is 1010 g/mol. The molecule has 11 rings (SSSR count). The number of benzene rings is 1. The van der Waals surface area contributed by atoms with Gasteiger partial charge in [0.2, 0.25) is 11.9 Å². The third-order valence-electron chi connectivity index (χ3n) is 12.7. The maximum Gasteiger partial charge on any atom is 0.412 e. The fourth-order valence-corrected chi connectivity index (χ4v) is 9.13. The van der Waals surface area contributed by atoms with Crippen molar-refractivity contribution in [3.63, 3.8) is 0 Å². The molecule has 0 saturated carbocycles. The number of carbonyl (C=O) groups excluding carboxylic acids is 2. The molecule has 0 aliphatic carbocycles. The van der Waals surface area contributed by atoms with Crippen LogP contribution < -0.4 is 31.3 Å². The third-order valence-corrected chi connectivity index (χ3v) is 12.7. The number of hydrogen-bond donors (Lipinski definition) is 5. The van der Waals surface area contributed by atoms with Crippen LogP contribution in [0, 0.1) is 13.8 Å². The number of alkyl halides is 3. The number of nitrogens with one attached hydrogen (secondary N) is 5. The molecule has 5 aromatic rings. The minimum absolute atomic E-state index is 0. The quantitative estimate of drug-likeness (QED) is 0.0837. The third kappa shape index (κ3) is 12.8. The lowest BCUT2D eigenvalue weighted by molar-refractivity contribution is -0.123. The molecule has 71 heavy (non-hydrogen) atoms. The summed E-state index contributed by atoms with van der Waals surface area (Å²) < 4.78 is 56.6. The highest BCUT2D eigenvalue weighted by atomic mass is 35.5. The summed E-state index contributed by atoms with van der Waals surface area (Å²) in [6.07, 6.45) is 16.0. The molecule has 4 atom stereocenters. The first-order valence-electron chi connectivity index (χ1n) is 23.6. The van der Waals surface area contributed by atoms with E-state index in [2.05, 4.69) is 54.4 Å². The summed E-state index contributed by atoms with van der Waals surface area (Å²) in [5.74, 6) is 1.61. The number of urea groups is 1. The van der Waals surface area contributed by atoms with Crippen LogP contribution in [0.5, 0.6) is 5.75 Å². The van der Waals surface area contributed by atoms with Crippen LogP contribution in [-0.2, 0) is 9.47 Å². The van der Waals surface area contributed by atoms with Gasteiger partial charge in [0.05, 0.1) is 79.7 Å². The molecule has 4 bridgehead atoms. The molecule has 5 N–H and O–H groups in total. The first-order valence-corrected chi connectivity index (χ1v) is 23.6. The number of rotatable bonds is 11. The van der Waals surface area contributed by atoms with Gasteiger partial charge in [0.1, 0.15) is 12.3 Å². The number of aromatic nitrogens is 8. The van der Waals surface area contributed by atoms with Crippen LogP contribution in [0.4, 0.5) is 46.0 Å². The van der Waals surface area contributed by atoms with E-state index in [0.717, 1.165) is 65.5 Å². The van der Waals surface area contributed by atoms with Crippen LogP contribution in [-0.4, -0.2) is 126 Å². The van der Waals surface area contributed by atoms with Crippen LogP contribution in [0.15, 0.2) is 79.7 Å². The zero-order valence-electron chi connectivity index (χ0n) is 39.6. The number of halogens is 4. The summed E-state index contributed by atoms with van der Waals surface area (Å²) in [6.45, 7) is 7.84. The van der Waals surface area contributed by atoms with Gasteiger partial charge in [-0.05, 0) is 93.7 Å². The molecule has 4 saturated heterocycles. The van der Waals surface area contributed by atoms with E-state index >= 15 is 0 Å². The number of amides is 3. The van der Waals surface area contributed by atoms with Crippen LogP contribution in [0.25, 0.3) is 11.1 Å². The molecule has 1 aromatic carbocycles. The van der Waals surface area contributed by atoms with Gasteiger partial charge in [-0.25, -0.2) is 29.5 Å². The number of para-hydroxylation sites is 1. The summed E-state index contributed by atoms with van der Waals surface area (Å²) in [7, 11) is 0. The lowest BCUT2D eigenvalue weighted by Gasteiger charge is -2.34. The topological polar surface area (TPSA) is 212 Å². The number of carbonyl (C=O) groups is 2. The maximum absolute atomic E-state index is 12.5. The lowest BCUT2D eigenvalue weighted by atomic mass is 9.96. The highest BCUT2D eigenvalue weighted by Gasteiger charge is 2.41. The van der Waals surface area contributed by atoms with Gasteiger partial charge in [-0.1, -0.05) is 30.4 Å². The SMILES string of the molecule is CCNC(=O)Oc1ccccc1.Cc1cnc(Nc2cnn(C3COC3)c2)nc1C1=CC2CCC(C1)N2.Cc1cnc(Nc2cnn(C3COC3)c2)nc1C1=CC2CCC(C1)N2C(=O)NCC(F)(F)F.Cl.[HH].[HH].[HH].[HH].[HH]. The molecule has 4 fully saturated rings. The van der Waals surface area contributed by atoms with Gasteiger partial charge in [-0.3, -0.25) is 9.36 Å². The Morgan fingerprint density at radius 2 is 1.37 bits per heavy atom. The summed E-state index contributed by atoms with van der Waals surface area (Å²) in [5.41, 5.74) is 7.85. The molecule has 0 radical (unpaired) electrons. The zero-order chi connectivity index (χ0) is 48.8. The van der Waals surface area contributed by atoms with Gasteiger partial charge < -0.3 is 45.7 Å². The highest BCUT2D eigenvalue weighted by molar-refractivity contribution is 5.85. The molecule has 23 heteroatoms. The molecule has 6 aliphatic heterocycles. The van der Waals surface area contributed by atoms with Gasteiger partial charge in [0.25, 0.3) is 0 Å². The molecule has 10 heterocycles. The fourth-order valence-electron chi connectivity index (χ4n) is 9.13. The van der Waals surface area contributed by atoms with Crippen LogP contribution in [0.3, 0.4) is 0 Å². The highest BCUT2D eigenvalue weighted by Crippen LogP contribution is 2.39. The number of ether oxygens (including phenoxy) is 3. The van der Waals surface area contributed by atoms with E-state index in [-0.39, 0.29) is 37.7 Å². The zero-order valence-corrected chi connectivity index (χ0v) is 40.4. The minimum Gasteiger partial charge on any atom is -0.410 e. The smallest absolute Gasteiger partial charge is 0.410 e. The second-order valence-electron chi connectivity index (χ2n) is 18.1. The molecule has 3 amide bonds. The normalized spacial score (nSPS) is 21.1. The van der Waals surface area contributed by atoms with Crippen molar-refractivity contribution in [2.45, 2.75) is 102 Å². The van der Waals surface area contributed by atoms with E-state index in [1.807, 2.05) is 77.6 Å². The van der Waals surface area contributed by atoms with Crippen molar-refractivity contribution >= 4 is 58.9 Å².